The number of carboxylic acids is 1. The Hall–Kier alpha value is -2.19. The van der Waals surface area contributed by atoms with E-state index in [0.29, 0.717) is 19.3 Å². The van der Waals surface area contributed by atoms with Gasteiger partial charge in [0.1, 0.15) is 6.61 Å². The number of nitrogens with zero attached hydrogens (tertiary/aromatic N) is 1. The van der Waals surface area contributed by atoms with E-state index >= 15 is 0 Å². The fraction of sp³-hybridized carbons (Fsp3) is 0.860. The second-order valence-corrected chi connectivity index (χ2v) is 17.8. The van der Waals surface area contributed by atoms with Gasteiger partial charge in [-0.1, -0.05) is 192 Å². The average molecular weight is 821 g/mol. The zero-order chi connectivity index (χ0) is 42.8. The highest BCUT2D eigenvalue weighted by atomic mass is 16.6. The van der Waals surface area contributed by atoms with Crippen LogP contribution >= 0.6 is 0 Å². The molecule has 0 saturated heterocycles. The van der Waals surface area contributed by atoms with Crippen molar-refractivity contribution < 1.29 is 38.2 Å². The fourth-order valence-corrected chi connectivity index (χ4v) is 7.32. The molecule has 0 aliphatic carbocycles. The smallest absolute Gasteiger partial charge is 0.362 e. The van der Waals surface area contributed by atoms with E-state index < -0.39 is 18.1 Å². The first-order valence-corrected chi connectivity index (χ1v) is 24.4. The van der Waals surface area contributed by atoms with Crippen LogP contribution in [0, 0.1) is 0 Å². The monoisotopic (exact) mass is 821 g/mol. The molecule has 0 rings (SSSR count). The molecule has 0 bridgehead atoms. The summed E-state index contributed by atoms with van der Waals surface area (Å²) in [5, 5.41) is 9.64. The van der Waals surface area contributed by atoms with E-state index in [1.165, 1.54) is 154 Å². The van der Waals surface area contributed by atoms with Gasteiger partial charge in [0.25, 0.3) is 0 Å². The van der Waals surface area contributed by atoms with Crippen molar-refractivity contribution in [3.05, 3.63) is 24.3 Å². The van der Waals surface area contributed by atoms with Gasteiger partial charge in [0, 0.05) is 19.3 Å². The van der Waals surface area contributed by atoms with Crippen LogP contribution in [0.3, 0.4) is 0 Å². The SMILES string of the molecule is CCCCCC/C=C/C=C/CCCCCCCCCCCCC(=O)OC(COCCC(C(=O)O)[N+](C)(C)C)COC(=O)CCCCCCCCCCCCCCCC. The third-order valence-corrected chi connectivity index (χ3v) is 11.1. The molecule has 0 radical (unpaired) electrons. The lowest BCUT2D eigenvalue weighted by Crippen LogP contribution is -2.50. The molecule has 0 amide bonds. The van der Waals surface area contributed by atoms with Crippen LogP contribution in [-0.2, 0) is 28.6 Å². The number of aliphatic carboxylic acids is 1. The van der Waals surface area contributed by atoms with Crippen molar-refractivity contribution >= 4 is 17.9 Å². The highest BCUT2D eigenvalue weighted by Gasteiger charge is 2.31. The molecule has 340 valence electrons. The fourth-order valence-electron chi connectivity index (χ4n) is 7.32. The van der Waals surface area contributed by atoms with Gasteiger partial charge in [0.05, 0.1) is 34.4 Å². The molecule has 0 aromatic carbocycles. The Kier molecular flexibility index (Phi) is 40.0. The second kappa shape index (κ2) is 41.5. The molecule has 8 nitrogen and oxygen atoms in total. The molecule has 0 heterocycles. The number of likely N-dealkylation sites (N-methyl/N-ethyl adjacent to an activating group) is 1. The Morgan fingerprint density at radius 3 is 1.31 bits per heavy atom. The summed E-state index contributed by atoms with van der Waals surface area (Å²) in [4.78, 5) is 37.1. The van der Waals surface area contributed by atoms with E-state index in [2.05, 4.69) is 38.2 Å². The first-order valence-electron chi connectivity index (χ1n) is 24.4. The van der Waals surface area contributed by atoms with Gasteiger partial charge < -0.3 is 23.8 Å². The number of carbonyl (C=O) groups is 3. The maximum Gasteiger partial charge on any atom is 0.362 e. The molecule has 2 unspecified atom stereocenters. The molecule has 8 heteroatoms. The van der Waals surface area contributed by atoms with E-state index in [9.17, 15) is 19.5 Å². The number of quaternary nitrogens is 1. The Morgan fingerprint density at radius 1 is 0.517 bits per heavy atom. The van der Waals surface area contributed by atoms with Crippen LogP contribution < -0.4 is 0 Å². The van der Waals surface area contributed by atoms with E-state index in [1.54, 1.807) is 0 Å². The summed E-state index contributed by atoms with van der Waals surface area (Å²) in [6.45, 7) is 4.74. The van der Waals surface area contributed by atoms with Gasteiger partial charge in [-0.05, 0) is 38.5 Å². The summed E-state index contributed by atoms with van der Waals surface area (Å²) in [6.07, 6.45) is 46.4. The molecule has 2 atom stereocenters. The van der Waals surface area contributed by atoms with E-state index in [-0.39, 0.29) is 36.2 Å². The van der Waals surface area contributed by atoms with E-state index in [1.807, 2.05) is 21.1 Å². The number of unbranched alkanes of at least 4 members (excludes halogenated alkanes) is 27. The number of hydrogen-bond donors (Lipinski definition) is 1. The highest BCUT2D eigenvalue weighted by molar-refractivity contribution is 5.72. The molecule has 0 spiro atoms. The third-order valence-electron chi connectivity index (χ3n) is 11.1. The molecular weight excluding hydrogens is 727 g/mol. The van der Waals surface area contributed by atoms with Crippen molar-refractivity contribution in [1.29, 1.82) is 0 Å². The van der Waals surface area contributed by atoms with Crippen molar-refractivity contribution in [3.63, 3.8) is 0 Å². The standard InChI is InChI=1S/C50H93NO7/c1-6-8-10-12-14-16-18-20-22-23-24-25-26-27-29-31-33-35-37-39-41-49(53)58-46(44-56-43-42-47(50(54)55)51(3,4)5)45-57-48(52)40-38-36-34-32-30-28-21-19-17-15-13-11-9-7-2/h16,18,20,22,46-47H,6-15,17,19,21,23-45H2,1-5H3/p+1/b18-16+,22-20+. The molecular formula is C50H94NO7+. The van der Waals surface area contributed by atoms with Crippen LogP contribution in [-0.4, -0.2) is 80.6 Å². The second-order valence-electron chi connectivity index (χ2n) is 17.8. The summed E-state index contributed by atoms with van der Waals surface area (Å²) in [6, 6.07) is -0.612. The quantitative estimate of drug-likeness (QED) is 0.0283. The lowest BCUT2D eigenvalue weighted by molar-refractivity contribution is -0.887. The first kappa shape index (κ1) is 55.8. The lowest BCUT2D eigenvalue weighted by Gasteiger charge is -2.31. The van der Waals surface area contributed by atoms with Gasteiger partial charge in [0.2, 0.25) is 0 Å². The van der Waals surface area contributed by atoms with Crippen LogP contribution in [0.4, 0.5) is 0 Å². The van der Waals surface area contributed by atoms with Crippen molar-refractivity contribution in [2.24, 2.45) is 0 Å². The number of rotatable bonds is 44. The number of ether oxygens (including phenoxy) is 3. The van der Waals surface area contributed by atoms with Crippen molar-refractivity contribution in [1.82, 2.24) is 0 Å². The molecule has 0 fully saturated rings. The Balaban J connectivity index is 4.25. The van der Waals surface area contributed by atoms with Crippen LogP contribution in [0.15, 0.2) is 24.3 Å². The number of carbonyl (C=O) groups excluding carboxylic acids is 2. The number of carboxylic acid groups (broad SMARTS) is 1. The van der Waals surface area contributed by atoms with E-state index in [4.69, 9.17) is 14.2 Å². The molecule has 0 aliphatic rings. The maximum absolute atomic E-state index is 12.8. The molecule has 0 aliphatic heterocycles. The molecule has 0 aromatic rings. The maximum atomic E-state index is 12.8. The lowest BCUT2D eigenvalue weighted by atomic mass is 10.0. The zero-order valence-electron chi connectivity index (χ0n) is 38.8. The van der Waals surface area contributed by atoms with E-state index in [0.717, 1.165) is 38.5 Å². The zero-order valence-corrected chi connectivity index (χ0v) is 38.8. The Morgan fingerprint density at radius 2 is 0.897 bits per heavy atom. The summed E-state index contributed by atoms with van der Waals surface area (Å²) < 4.78 is 17.3. The summed E-state index contributed by atoms with van der Waals surface area (Å²) in [5.74, 6) is -1.46. The number of allylic oxidation sites excluding steroid dienone is 4. The topological polar surface area (TPSA) is 99.1 Å². The summed E-state index contributed by atoms with van der Waals surface area (Å²) in [7, 11) is 5.54. The summed E-state index contributed by atoms with van der Waals surface area (Å²) in [5.41, 5.74) is 0. The van der Waals surface area contributed by atoms with Crippen molar-refractivity contribution in [2.45, 2.75) is 238 Å². The normalized spacial score (nSPS) is 13.1. The third kappa shape index (κ3) is 39.3. The van der Waals surface area contributed by atoms with Crippen LogP contribution in [0.1, 0.15) is 226 Å². The van der Waals surface area contributed by atoms with Gasteiger partial charge in [-0.3, -0.25) is 9.59 Å². The van der Waals surface area contributed by atoms with Gasteiger partial charge in [-0.25, -0.2) is 4.79 Å². The van der Waals surface area contributed by atoms with Gasteiger partial charge >= 0.3 is 17.9 Å². The Bertz CT molecular complexity index is 1000. The van der Waals surface area contributed by atoms with Crippen LogP contribution in [0.25, 0.3) is 0 Å². The molecule has 58 heavy (non-hydrogen) atoms. The molecule has 1 N–H and O–H groups in total. The van der Waals surface area contributed by atoms with Gasteiger partial charge in [-0.2, -0.15) is 0 Å². The number of hydrogen-bond acceptors (Lipinski definition) is 6. The van der Waals surface area contributed by atoms with Gasteiger partial charge in [-0.15, -0.1) is 0 Å². The Labute approximate surface area is 358 Å². The van der Waals surface area contributed by atoms with Crippen LogP contribution in [0.2, 0.25) is 0 Å². The first-order chi connectivity index (χ1) is 28.1. The molecule has 0 aromatic heterocycles. The minimum atomic E-state index is -0.873. The molecule has 0 saturated carbocycles. The minimum Gasteiger partial charge on any atom is -0.477 e. The van der Waals surface area contributed by atoms with Gasteiger partial charge in [0.15, 0.2) is 12.1 Å². The number of esters is 2. The summed E-state index contributed by atoms with van der Waals surface area (Å²) >= 11 is 0. The predicted molar refractivity (Wildman–Crippen MR) is 243 cm³/mol. The highest BCUT2D eigenvalue weighted by Crippen LogP contribution is 2.16. The van der Waals surface area contributed by atoms with Crippen molar-refractivity contribution in [3.8, 4) is 0 Å². The average Bonchev–Trinajstić information content (AvgIpc) is 3.18. The largest absolute Gasteiger partial charge is 0.477 e. The minimum absolute atomic E-state index is 0.0475. The predicted octanol–water partition coefficient (Wildman–Crippen LogP) is 13.6. The van der Waals surface area contributed by atoms with Crippen LogP contribution in [0.5, 0.6) is 0 Å². The van der Waals surface area contributed by atoms with Crippen molar-refractivity contribution in [2.75, 3.05) is 41.0 Å².